The maximum atomic E-state index is 7.98. The van der Waals surface area contributed by atoms with Gasteiger partial charge in [-0.1, -0.05) is 148 Å². The van der Waals surface area contributed by atoms with Gasteiger partial charge in [-0.05, 0) is 52.5 Å². The molecule has 0 aliphatic carbocycles. The monoisotopic (exact) mass is 531 g/mol. The molecule has 0 radical (unpaired) electrons. The van der Waals surface area contributed by atoms with Crippen LogP contribution in [0.3, 0.4) is 0 Å². The Morgan fingerprint density at radius 3 is 1.56 bits per heavy atom. The van der Waals surface area contributed by atoms with Crippen LogP contribution in [0.2, 0.25) is 6.55 Å². The van der Waals surface area contributed by atoms with Gasteiger partial charge < -0.3 is 9.33 Å². The molecule has 0 spiro atoms. The molecular formula is C36H41NOSi. The molecule has 0 saturated carbocycles. The SMILES string of the molecule is CC(C)(C)C=CN1CCCC1C(O[Si](C)(c1ccccc1)c1ccccc1)(c1ccccc1)c1ccccc1. The van der Waals surface area contributed by atoms with Crippen molar-refractivity contribution in [1.29, 1.82) is 0 Å². The Morgan fingerprint density at radius 1 is 0.692 bits per heavy atom. The zero-order chi connectivity index (χ0) is 27.3. The van der Waals surface area contributed by atoms with Crippen LogP contribution >= 0.6 is 0 Å². The predicted molar refractivity (Wildman–Crippen MR) is 167 cm³/mol. The average Bonchev–Trinajstić information content (AvgIpc) is 3.45. The van der Waals surface area contributed by atoms with E-state index in [4.69, 9.17) is 4.43 Å². The van der Waals surface area contributed by atoms with E-state index < -0.39 is 13.9 Å². The first-order valence-corrected chi connectivity index (χ1v) is 16.6. The van der Waals surface area contributed by atoms with E-state index in [1.54, 1.807) is 0 Å². The van der Waals surface area contributed by atoms with E-state index >= 15 is 0 Å². The van der Waals surface area contributed by atoms with Gasteiger partial charge in [0.05, 0.1) is 6.04 Å². The van der Waals surface area contributed by atoms with Gasteiger partial charge in [0.2, 0.25) is 0 Å². The molecule has 0 bridgehead atoms. The van der Waals surface area contributed by atoms with Crippen molar-refractivity contribution < 1.29 is 4.43 Å². The molecule has 1 heterocycles. The minimum Gasteiger partial charge on any atom is -0.393 e. The Hall–Kier alpha value is -3.40. The van der Waals surface area contributed by atoms with Crippen molar-refractivity contribution in [2.24, 2.45) is 5.41 Å². The van der Waals surface area contributed by atoms with Gasteiger partial charge in [0.1, 0.15) is 5.60 Å². The lowest BCUT2D eigenvalue weighted by Crippen LogP contribution is -2.65. The molecular weight excluding hydrogens is 490 g/mol. The first-order valence-electron chi connectivity index (χ1n) is 14.2. The fourth-order valence-corrected chi connectivity index (χ4v) is 9.19. The Labute approximate surface area is 236 Å². The Morgan fingerprint density at radius 2 is 1.13 bits per heavy atom. The Balaban J connectivity index is 1.78. The fraction of sp³-hybridized carbons (Fsp3) is 0.278. The summed E-state index contributed by atoms with van der Waals surface area (Å²) >= 11 is 0. The zero-order valence-corrected chi connectivity index (χ0v) is 24.8. The fourth-order valence-electron chi connectivity index (χ4n) is 5.95. The highest BCUT2D eigenvalue weighted by Gasteiger charge is 2.52. The second-order valence-corrected chi connectivity index (χ2v) is 15.3. The summed E-state index contributed by atoms with van der Waals surface area (Å²) in [5, 5.41) is 2.56. The quantitative estimate of drug-likeness (QED) is 0.220. The van der Waals surface area contributed by atoms with E-state index in [9.17, 15) is 0 Å². The number of nitrogens with zero attached hydrogens (tertiary/aromatic N) is 1. The summed E-state index contributed by atoms with van der Waals surface area (Å²) < 4.78 is 7.98. The molecule has 5 rings (SSSR count). The minimum absolute atomic E-state index is 0.105. The van der Waals surface area contributed by atoms with Crippen molar-refractivity contribution >= 4 is 18.7 Å². The average molecular weight is 532 g/mol. The van der Waals surface area contributed by atoms with E-state index in [1.165, 1.54) is 21.5 Å². The highest BCUT2D eigenvalue weighted by Crippen LogP contribution is 2.45. The lowest BCUT2D eigenvalue weighted by atomic mass is 9.79. The summed E-state index contributed by atoms with van der Waals surface area (Å²) in [6, 6.07) is 43.9. The summed E-state index contributed by atoms with van der Waals surface area (Å²) in [5.74, 6) is 0. The van der Waals surface area contributed by atoms with Crippen LogP contribution in [0.5, 0.6) is 0 Å². The van der Waals surface area contributed by atoms with Crippen LogP contribution in [0.1, 0.15) is 44.7 Å². The van der Waals surface area contributed by atoms with Gasteiger partial charge >= 0.3 is 0 Å². The first kappa shape index (κ1) is 27.2. The van der Waals surface area contributed by atoms with E-state index in [1.807, 2.05) is 0 Å². The number of benzene rings is 4. The van der Waals surface area contributed by atoms with E-state index in [0.29, 0.717) is 0 Å². The van der Waals surface area contributed by atoms with E-state index in [0.717, 1.165) is 19.4 Å². The molecule has 2 nitrogen and oxygen atoms in total. The number of hydrogen-bond acceptors (Lipinski definition) is 2. The predicted octanol–water partition coefficient (Wildman–Crippen LogP) is 7.36. The van der Waals surface area contributed by atoms with Crippen LogP contribution in [0.4, 0.5) is 0 Å². The third-order valence-corrected chi connectivity index (χ3v) is 11.5. The van der Waals surface area contributed by atoms with Gasteiger partial charge in [-0.2, -0.15) is 0 Å². The van der Waals surface area contributed by atoms with Gasteiger partial charge in [-0.25, -0.2) is 0 Å². The highest BCUT2D eigenvalue weighted by atomic mass is 28.4. The van der Waals surface area contributed by atoms with Crippen LogP contribution in [0.25, 0.3) is 0 Å². The van der Waals surface area contributed by atoms with Crippen LogP contribution in [0, 0.1) is 5.41 Å². The molecule has 0 aromatic heterocycles. The number of rotatable bonds is 8. The van der Waals surface area contributed by atoms with Crippen molar-refractivity contribution in [2.75, 3.05) is 6.54 Å². The molecule has 1 aliphatic heterocycles. The topological polar surface area (TPSA) is 12.5 Å². The second kappa shape index (κ2) is 11.4. The van der Waals surface area contributed by atoms with E-state index in [2.05, 4.69) is 166 Å². The smallest absolute Gasteiger partial charge is 0.254 e. The van der Waals surface area contributed by atoms with Gasteiger partial charge in [-0.3, -0.25) is 0 Å². The van der Waals surface area contributed by atoms with Gasteiger partial charge in [0, 0.05) is 6.54 Å². The number of allylic oxidation sites excluding steroid dienone is 1. The second-order valence-electron chi connectivity index (χ2n) is 11.9. The lowest BCUT2D eigenvalue weighted by molar-refractivity contribution is 0.0314. The molecule has 3 heteroatoms. The van der Waals surface area contributed by atoms with Crippen molar-refractivity contribution in [1.82, 2.24) is 4.90 Å². The summed E-state index contributed by atoms with van der Waals surface area (Å²) in [5.41, 5.74) is 1.87. The number of hydrogen-bond donors (Lipinski definition) is 0. The first-order chi connectivity index (χ1) is 18.8. The molecule has 4 aromatic rings. The van der Waals surface area contributed by atoms with Crippen LogP contribution < -0.4 is 10.4 Å². The third-order valence-electron chi connectivity index (χ3n) is 7.95. The highest BCUT2D eigenvalue weighted by molar-refractivity contribution is 6.96. The number of likely N-dealkylation sites (tertiary alicyclic amines) is 1. The van der Waals surface area contributed by atoms with Crippen molar-refractivity contribution in [3.8, 4) is 0 Å². The summed E-state index contributed by atoms with van der Waals surface area (Å²) in [7, 11) is -2.71. The Kier molecular flexibility index (Phi) is 7.92. The standard InChI is InChI=1S/C36H41NOSi/c1-35(2,3)27-29-37-28-17-26-34(37)36(30-18-9-5-10-19-30,31-20-11-6-12-21-31)38-39(4,32-22-13-7-14-23-32)33-24-15-8-16-25-33/h5-16,18-25,27,29,34H,17,26,28H2,1-4H3. The molecule has 1 aliphatic rings. The molecule has 39 heavy (non-hydrogen) atoms. The molecule has 0 amide bonds. The van der Waals surface area contributed by atoms with Crippen LogP contribution in [0.15, 0.2) is 134 Å². The molecule has 1 saturated heterocycles. The summed E-state index contributed by atoms with van der Waals surface area (Å²) in [6.45, 7) is 10.2. The van der Waals surface area contributed by atoms with Crippen LogP contribution in [-0.2, 0) is 10.0 Å². The molecule has 1 atom stereocenters. The molecule has 1 fully saturated rings. The van der Waals surface area contributed by atoms with Crippen molar-refractivity contribution in [3.63, 3.8) is 0 Å². The van der Waals surface area contributed by atoms with Gasteiger partial charge in [-0.15, -0.1) is 0 Å². The maximum absolute atomic E-state index is 7.98. The summed E-state index contributed by atoms with van der Waals surface area (Å²) in [6.07, 6.45) is 6.88. The molecule has 4 aromatic carbocycles. The molecule has 0 N–H and O–H groups in total. The van der Waals surface area contributed by atoms with E-state index in [-0.39, 0.29) is 11.5 Å². The lowest BCUT2D eigenvalue weighted by Gasteiger charge is -2.49. The third kappa shape index (κ3) is 5.66. The molecule has 200 valence electrons. The molecule has 1 unspecified atom stereocenters. The largest absolute Gasteiger partial charge is 0.393 e. The van der Waals surface area contributed by atoms with Crippen molar-refractivity contribution in [3.05, 3.63) is 145 Å². The zero-order valence-electron chi connectivity index (χ0n) is 23.8. The normalized spacial score (nSPS) is 16.6. The van der Waals surface area contributed by atoms with Gasteiger partial charge in [0.25, 0.3) is 8.32 Å². The maximum Gasteiger partial charge on any atom is 0.254 e. The summed E-state index contributed by atoms with van der Waals surface area (Å²) in [4.78, 5) is 2.55. The Bertz CT molecular complexity index is 1270. The van der Waals surface area contributed by atoms with Crippen molar-refractivity contribution in [2.45, 2.75) is 51.8 Å². The minimum atomic E-state index is -2.71. The van der Waals surface area contributed by atoms with Gasteiger partial charge in [0.15, 0.2) is 0 Å². The van der Waals surface area contributed by atoms with Crippen LogP contribution in [-0.4, -0.2) is 25.8 Å².